The molecule has 3 aromatic heterocycles. The van der Waals surface area contributed by atoms with E-state index in [0.29, 0.717) is 27.7 Å². The van der Waals surface area contributed by atoms with Gasteiger partial charge in [0.25, 0.3) is 5.56 Å². The zero-order chi connectivity index (χ0) is 21.3. The van der Waals surface area contributed by atoms with Crippen molar-refractivity contribution in [1.29, 1.82) is 0 Å². The van der Waals surface area contributed by atoms with E-state index < -0.39 is 0 Å². The Morgan fingerprint density at radius 3 is 2.60 bits per heavy atom. The minimum absolute atomic E-state index is 0.101. The highest BCUT2D eigenvalue weighted by Crippen LogP contribution is 2.25. The highest BCUT2D eigenvalue weighted by molar-refractivity contribution is 6.30. The van der Waals surface area contributed by atoms with E-state index >= 15 is 0 Å². The molecule has 0 aliphatic rings. The Kier molecular flexibility index (Phi) is 5.33. The quantitative estimate of drug-likeness (QED) is 0.490. The van der Waals surface area contributed by atoms with Crippen LogP contribution >= 0.6 is 11.6 Å². The molecule has 0 aliphatic carbocycles. The number of hydrogen-bond donors (Lipinski definition) is 1. The van der Waals surface area contributed by atoms with Crippen molar-refractivity contribution in [2.75, 3.05) is 0 Å². The number of nitrogens with one attached hydrogen (secondary N) is 1. The maximum absolute atomic E-state index is 12.9. The molecule has 0 saturated carbocycles. The Labute approximate surface area is 178 Å². The van der Waals surface area contributed by atoms with Gasteiger partial charge in [-0.3, -0.25) is 14.6 Å². The number of carbonyl (C=O) groups is 1. The van der Waals surface area contributed by atoms with Crippen LogP contribution in [-0.4, -0.2) is 25.5 Å². The van der Waals surface area contributed by atoms with Gasteiger partial charge in [0.15, 0.2) is 0 Å². The van der Waals surface area contributed by atoms with E-state index in [4.69, 9.17) is 11.6 Å². The first-order valence-corrected chi connectivity index (χ1v) is 9.82. The van der Waals surface area contributed by atoms with E-state index in [9.17, 15) is 9.59 Å². The van der Waals surface area contributed by atoms with E-state index in [2.05, 4.69) is 15.1 Å². The number of ketones is 1. The topological polar surface area (TPSA) is 80.6 Å². The lowest BCUT2D eigenvalue weighted by molar-refractivity contribution is 0.103. The molecule has 0 aliphatic heterocycles. The number of aromatic nitrogens is 4. The van der Waals surface area contributed by atoms with Crippen molar-refractivity contribution in [2.24, 2.45) is 0 Å². The number of nitrogens with zero attached hydrogens (tertiary/aromatic N) is 3. The highest BCUT2D eigenvalue weighted by atomic mass is 35.5. The van der Waals surface area contributed by atoms with Crippen LogP contribution in [-0.2, 0) is 0 Å². The fourth-order valence-electron chi connectivity index (χ4n) is 3.28. The fraction of sp³-hybridized carbons (Fsp3) is 0.130. The molecule has 0 radical (unpaired) electrons. The second kappa shape index (κ2) is 8.08. The Morgan fingerprint density at radius 2 is 1.90 bits per heavy atom. The summed E-state index contributed by atoms with van der Waals surface area (Å²) in [6, 6.07) is 15.5. The van der Waals surface area contributed by atoms with E-state index in [-0.39, 0.29) is 17.3 Å². The lowest BCUT2D eigenvalue weighted by Gasteiger charge is -2.12. The molecule has 0 saturated heterocycles. The van der Waals surface area contributed by atoms with Crippen LogP contribution in [0.4, 0.5) is 0 Å². The molecule has 0 amide bonds. The predicted molar refractivity (Wildman–Crippen MR) is 116 cm³/mol. The van der Waals surface area contributed by atoms with Crippen LogP contribution in [0, 0.1) is 6.92 Å². The van der Waals surface area contributed by atoms with Gasteiger partial charge in [-0.05, 0) is 61.0 Å². The van der Waals surface area contributed by atoms with Crippen molar-refractivity contribution in [3.63, 3.8) is 0 Å². The Hall–Kier alpha value is -3.51. The molecular weight excluding hydrogens is 400 g/mol. The lowest BCUT2D eigenvalue weighted by atomic mass is 10.0. The van der Waals surface area contributed by atoms with Crippen molar-refractivity contribution < 1.29 is 4.79 Å². The maximum Gasteiger partial charge on any atom is 0.271 e. The SMILES string of the molecule is Cc1cc(C(C)c2ccc(=O)n(-c3cccnc3)n2)[nH]c1C(=O)c1ccc(Cl)cc1. The smallest absolute Gasteiger partial charge is 0.271 e. The van der Waals surface area contributed by atoms with E-state index in [0.717, 1.165) is 11.3 Å². The summed E-state index contributed by atoms with van der Waals surface area (Å²) in [5, 5.41) is 5.10. The molecule has 1 atom stereocenters. The van der Waals surface area contributed by atoms with Gasteiger partial charge in [-0.25, -0.2) is 0 Å². The molecule has 0 bridgehead atoms. The monoisotopic (exact) mass is 418 g/mol. The standard InChI is InChI=1S/C23H19ClN4O2/c1-14-12-20(26-22(14)23(30)16-5-7-17(24)8-6-16)15(2)19-9-10-21(29)28(27-19)18-4-3-11-25-13-18/h3-13,15,26H,1-2H3. The fourth-order valence-corrected chi connectivity index (χ4v) is 3.40. The van der Waals surface area contributed by atoms with Crippen molar-refractivity contribution in [1.82, 2.24) is 19.7 Å². The van der Waals surface area contributed by atoms with Gasteiger partial charge in [0, 0.05) is 34.5 Å². The minimum Gasteiger partial charge on any atom is -0.355 e. The predicted octanol–water partition coefficient (Wildman–Crippen LogP) is 4.30. The summed E-state index contributed by atoms with van der Waals surface area (Å²) in [7, 11) is 0. The van der Waals surface area contributed by atoms with E-state index in [1.165, 1.54) is 10.7 Å². The van der Waals surface area contributed by atoms with Crippen LogP contribution in [0.1, 0.15) is 45.8 Å². The molecule has 0 fully saturated rings. The average Bonchev–Trinajstić information content (AvgIpc) is 3.16. The molecular formula is C23H19ClN4O2. The first-order chi connectivity index (χ1) is 14.4. The molecule has 150 valence electrons. The molecule has 1 N–H and O–H groups in total. The normalized spacial score (nSPS) is 12.0. The second-order valence-electron chi connectivity index (χ2n) is 7.06. The van der Waals surface area contributed by atoms with Gasteiger partial charge in [-0.15, -0.1) is 0 Å². The van der Waals surface area contributed by atoms with E-state index in [1.54, 1.807) is 54.9 Å². The summed E-state index contributed by atoms with van der Waals surface area (Å²) in [6.45, 7) is 3.86. The van der Waals surface area contributed by atoms with Crippen molar-refractivity contribution in [3.8, 4) is 5.69 Å². The zero-order valence-corrected chi connectivity index (χ0v) is 17.2. The summed E-state index contributed by atoms with van der Waals surface area (Å²) in [4.78, 5) is 32.5. The summed E-state index contributed by atoms with van der Waals surface area (Å²) in [5.74, 6) is -0.255. The number of halogens is 1. The maximum atomic E-state index is 12.9. The van der Waals surface area contributed by atoms with Gasteiger partial charge in [-0.1, -0.05) is 18.5 Å². The Morgan fingerprint density at radius 1 is 1.13 bits per heavy atom. The summed E-state index contributed by atoms with van der Waals surface area (Å²) in [6.07, 6.45) is 3.23. The molecule has 1 aromatic carbocycles. The third-order valence-electron chi connectivity index (χ3n) is 4.99. The number of aromatic amines is 1. The number of aryl methyl sites for hydroxylation is 1. The van der Waals surface area contributed by atoms with Gasteiger partial charge in [0.1, 0.15) is 0 Å². The zero-order valence-electron chi connectivity index (χ0n) is 16.5. The number of rotatable bonds is 5. The van der Waals surface area contributed by atoms with Gasteiger partial charge < -0.3 is 4.98 Å². The third-order valence-corrected chi connectivity index (χ3v) is 5.24. The average molecular weight is 419 g/mol. The number of pyridine rings is 1. The first kappa shape index (κ1) is 19.8. The largest absolute Gasteiger partial charge is 0.355 e. The van der Waals surface area contributed by atoms with E-state index in [1.807, 2.05) is 19.9 Å². The Balaban J connectivity index is 1.67. The van der Waals surface area contributed by atoms with Crippen LogP contribution < -0.4 is 5.56 Å². The number of hydrogen-bond acceptors (Lipinski definition) is 4. The molecule has 4 rings (SSSR count). The molecule has 3 heterocycles. The summed E-state index contributed by atoms with van der Waals surface area (Å²) < 4.78 is 1.33. The molecule has 0 spiro atoms. The Bertz CT molecular complexity index is 1260. The second-order valence-corrected chi connectivity index (χ2v) is 7.50. The molecule has 30 heavy (non-hydrogen) atoms. The lowest BCUT2D eigenvalue weighted by Crippen LogP contribution is -2.22. The molecule has 1 unspecified atom stereocenters. The number of H-pyrrole nitrogens is 1. The van der Waals surface area contributed by atoms with Crippen molar-refractivity contribution >= 4 is 17.4 Å². The van der Waals surface area contributed by atoms with Gasteiger partial charge in [-0.2, -0.15) is 9.78 Å². The minimum atomic E-state index is -0.236. The van der Waals surface area contributed by atoms with Crippen LogP contribution in [0.15, 0.2) is 71.8 Å². The van der Waals surface area contributed by atoms with Crippen LogP contribution in [0.25, 0.3) is 5.69 Å². The highest BCUT2D eigenvalue weighted by Gasteiger charge is 2.20. The van der Waals surface area contributed by atoms with Crippen LogP contribution in [0.3, 0.4) is 0 Å². The molecule has 6 nitrogen and oxygen atoms in total. The van der Waals surface area contributed by atoms with Crippen LogP contribution in [0.5, 0.6) is 0 Å². The number of carbonyl (C=O) groups excluding carboxylic acids is 1. The third kappa shape index (κ3) is 3.82. The van der Waals surface area contributed by atoms with Crippen LogP contribution in [0.2, 0.25) is 5.02 Å². The molecule has 4 aromatic rings. The number of benzene rings is 1. The van der Waals surface area contributed by atoms with Crippen molar-refractivity contribution in [2.45, 2.75) is 19.8 Å². The molecule has 7 heteroatoms. The summed E-state index contributed by atoms with van der Waals surface area (Å²) >= 11 is 5.92. The van der Waals surface area contributed by atoms with Gasteiger partial charge in [0.05, 0.1) is 23.3 Å². The summed E-state index contributed by atoms with van der Waals surface area (Å²) in [5.41, 5.74) is 3.83. The first-order valence-electron chi connectivity index (χ1n) is 9.44. The van der Waals surface area contributed by atoms with Gasteiger partial charge in [0.2, 0.25) is 5.78 Å². The van der Waals surface area contributed by atoms with Crippen molar-refractivity contribution in [3.05, 3.63) is 111 Å². The van der Waals surface area contributed by atoms with Gasteiger partial charge >= 0.3 is 0 Å².